The Morgan fingerprint density at radius 2 is 1.88 bits per heavy atom. The second kappa shape index (κ2) is 6.78. The topological polar surface area (TPSA) is 70.4 Å². The summed E-state index contributed by atoms with van der Waals surface area (Å²) in [4.78, 5) is 27.0. The average Bonchev–Trinajstić information content (AvgIpc) is 2.99. The molecule has 1 unspecified atom stereocenters. The minimum Gasteiger partial charge on any atom is -0.497 e. The number of carbonyl (C=O) groups is 2. The Bertz CT molecular complexity index is 824. The van der Waals surface area contributed by atoms with Crippen LogP contribution in [0.3, 0.4) is 0 Å². The van der Waals surface area contributed by atoms with Crippen molar-refractivity contribution in [3.8, 4) is 11.8 Å². The summed E-state index contributed by atoms with van der Waals surface area (Å²) in [5, 5.41) is 9.66. The zero-order valence-corrected chi connectivity index (χ0v) is 13.9. The molecule has 1 aliphatic rings. The lowest BCUT2D eigenvalue weighted by Crippen LogP contribution is -2.35. The molecule has 1 heterocycles. The van der Waals surface area contributed by atoms with E-state index in [0.29, 0.717) is 24.3 Å². The summed E-state index contributed by atoms with van der Waals surface area (Å²) in [6.45, 7) is 0.437. The number of nitrogens with zero attached hydrogens (tertiary/aromatic N) is 2. The van der Waals surface area contributed by atoms with Crippen LogP contribution in [0.5, 0.6) is 5.75 Å². The van der Waals surface area contributed by atoms with Gasteiger partial charge >= 0.3 is 0 Å². The number of methoxy groups -OCH3 is 1. The lowest BCUT2D eigenvalue weighted by molar-refractivity contribution is -0.123. The van der Waals surface area contributed by atoms with E-state index in [0.717, 1.165) is 5.69 Å². The number of carbonyl (C=O) groups excluding carboxylic acids is 2. The molecule has 1 atom stereocenters. The van der Waals surface area contributed by atoms with Crippen molar-refractivity contribution in [2.45, 2.75) is 12.8 Å². The fraction of sp³-hybridized carbons (Fsp3) is 0.250. The highest BCUT2D eigenvalue weighted by Crippen LogP contribution is 2.38. The molecular formula is C20H18N2O3. The minimum absolute atomic E-state index is 0.113. The predicted molar refractivity (Wildman–Crippen MR) is 93.4 cm³/mol. The number of nitriles is 1. The van der Waals surface area contributed by atoms with Gasteiger partial charge in [0, 0.05) is 24.2 Å². The average molecular weight is 334 g/mol. The highest BCUT2D eigenvalue weighted by Gasteiger charge is 2.49. The lowest BCUT2D eigenvalue weighted by Gasteiger charge is -2.20. The number of benzene rings is 2. The first-order valence-electron chi connectivity index (χ1n) is 8.05. The van der Waals surface area contributed by atoms with E-state index < -0.39 is 5.41 Å². The Morgan fingerprint density at radius 1 is 1.20 bits per heavy atom. The van der Waals surface area contributed by atoms with E-state index in [4.69, 9.17) is 4.74 Å². The van der Waals surface area contributed by atoms with Crippen molar-refractivity contribution in [1.82, 2.24) is 0 Å². The summed E-state index contributed by atoms with van der Waals surface area (Å²) in [6, 6.07) is 18.0. The smallest absolute Gasteiger partial charge is 0.248 e. The molecular weight excluding hydrogens is 316 g/mol. The Kier molecular flexibility index (Phi) is 4.53. The van der Waals surface area contributed by atoms with E-state index in [2.05, 4.69) is 6.07 Å². The number of rotatable bonds is 5. The predicted octanol–water partition coefficient (Wildman–Crippen LogP) is 3.21. The molecule has 0 N–H and O–H groups in total. The molecule has 3 rings (SSSR count). The zero-order chi connectivity index (χ0) is 17.9. The first-order chi connectivity index (χ1) is 12.1. The second-order valence-corrected chi connectivity index (χ2v) is 6.06. The van der Waals surface area contributed by atoms with Crippen molar-refractivity contribution in [1.29, 1.82) is 5.26 Å². The van der Waals surface area contributed by atoms with Crippen molar-refractivity contribution in [3.63, 3.8) is 0 Å². The van der Waals surface area contributed by atoms with Gasteiger partial charge in [0.05, 0.1) is 13.2 Å². The van der Waals surface area contributed by atoms with Crippen molar-refractivity contribution >= 4 is 17.4 Å². The van der Waals surface area contributed by atoms with Crippen molar-refractivity contribution in [2.24, 2.45) is 5.41 Å². The molecule has 0 bridgehead atoms. The zero-order valence-electron chi connectivity index (χ0n) is 13.9. The van der Waals surface area contributed by atoms with Crippen LogP contribution in [0.25, 0.3) is 0 Å². The molecule has 2 aromatic carbocycles. The van der Waals surface area contributed by atoms with Gasteiger partial charge in [-0.3, -0.25) is 9.59 Å². The van der Waals surface area contributed by atoms with Gasteiger partial charge in [-0.05, 0) is 42.8 Å². The van der Waals surface area contributed by atoms with Crippen LogP contribution in [0.1, 0.15) is 23.2 Å². The third-order valence-corrected chi connectivity index (χ3v) is 4.57. The van der Waals surface area contributed by atoms with Crippen LogP contribution in [0.4, 0.5) is 5.69 Å². The van der Waals surface area contributed by atoms with Crippen LogP contribution in [0.15, 0.2) is 54.6 Å². The van der Waals surface area contributed by atoms with Gasteiger partial charge in [-0.1, -0.05) is 18.2 Å². The third kappa shape index (κ3) is 3.11. The standard InChI is InChI=1S/C20H18N2O3/c1-25-17-9-7-15(8-10-17)18(23)13-20(14-21)11-12-22(19(20)24)16-5-3-2-4-6-16/h2-10H,11-13H2,1H3. The molecule has 0 aromatic heterocycles. The molecule has 0 saturated carbocycles. The molecule has 126 valence electrons. The molecule has 2 aromatic rings. The Hall–Kier alpha value is -3.13. The van der Waals surface area contributed by atoms with E-state index in [9.17, 15) is 14.9 Å². The van der Waals surface area contributed by atoms with Gasteiger partial charge in [-0.25, -0.2) is 0 Å². The van der Waals surface area contributed by atoms with Crippen LogP contribution in [-0.2, 0) is 4.79 Å². The fourth-order valence-corrected chi connectivity index (χ4v) is 3.08. The van der Waals surface area contributed by atoms with Crippen LogP contribution < -0.4 is 9.64 Å². The summed E-state index contributed by atoms with van der Waals surface area (Å²) in [5.41, 5.74) is -0.0738. The summed E-state index contributed by atoms with van der Waals surface area (Å²) in [7, 11) is 1.55. The Balaban J connectivity index is 1.81. The molecule has 1 saturated heterocycles. The number of ether oxygens (including phenoxy) is 1. The highest BCUT2D eigenvalue weighted by atomic mass is 16.5. The van der Waals surface area contributed by atoms with Crippen LogP contribution in [0, 0.1) is 16.7 Å². The van der Waals surface area contributed by atoms with E-state index in [1.54, 1.807) is 36.3 Å². The van der Waals surface area contributed by atoms with Gasteiger partial charge in [0.25, 0.3) is 0 Å². The molecule has 0 radical (unpaired) electrons. The maximum absolute atomic E-state index is 12.9. The van der Waals surface area contributed by atoms with Crippen LogP contribution in [-0.4, -0.2) is 25.3 Å². The maximum Gasteiger partial charge on any atom is 0.248 e. The van der Waals surface area contributed by atoms with Gasteiger partial charge in [-0.15, -0.1) is 0 Å². The number of ketones is 1. The minimum atomic E-state index is -1.30. The summed E-state index contributed by atoms with van der Waals surface area (Å²) in [6.07, 6.45) is 0.233. The normalized spacial score (nSPS) is 19.5. The summed E-state index contributed by atoms with van der Waals surface area (Å²) < 4.78 is 5.08. The number of hydrogen-bond donors (Lipinski definition) is 0. The number of para-hydroxylation sites is 1. The van der Waals surface area contributed by atoms with Gasteiger partial charge < -0.3 is 9.64 Å². The molecule has 0 aliphatic carbocycles. The number of amides is 1. The molecule has 0 spiro atoms. The molecule has 5 heteroatoms. The first kappa shape index (κ1) is 16.7. The van der Waals surface area contributed by atoms with Crippen LogP contribution in [0.2, 0.25) is 0 Å². The Labute approximate surface area is 146 Å². The third-order valence-electron chi connectivity index (χ3n) is 4.57. The van der Waals surface area contributed by atoms with Crippen molar-refractivity contribution in [3.05, 3.63) is 60.2 Å². The number of hydrogen-bond acceptors (Lipinski definition) is 4. The van der Waals surface area contributed by atoms with Crippen molar-refractivity contribution in [2.75, 3.05) is 18.6 Å². The first-order valence-corrected chi connectivity index (χ1v) is 8.05. The second-order valence-electron chi connectivity index (χ2n) is 6.06. The monoisotopic (exact) mass is 334 g/mol. The molecule has 1 aliphatic heterocycles. The van der Waals surface area contributed by atoms with Gasteiger partial charge in [0.2, 0.25) is 5.91 Å². The molecule has 1 amide bonds. The van der Waals surface area contributed by atoms with Gasteiger partial charge in [0.1, 0.15) is 11.2 Å². The van der Waals surface area contributed by atoms with E-state index in [-0.39, 0.29) is 18.1 Å². The SMILES string of the molecule is COc1ccc(C(=O)CC2(C#N)CCN(c3ccccc3)C2=O)cc1. The fourth-order valence-electron chi connectivity index (χ4n) is 3.08. The maximum atomic E-state index is 12.9. The van der Waals surface area contributed by atoms with E-state index >= 15 is 0 Å². The van der Waals surface area contributed by atoms with Crippen LogP contribution >= 0.6 is 0 Å². The van der Waals surface area contributed by atoms with Crippen molar-refractivity contribution < 1.29 is 14.3 Å². The molecule has 25 heavy (non-hydrogen) atoms. The Morgan fingerprint density at radius 3 is 2.48 bits per heavy atom. The van der Waals surface area contributed by atoms with E-state index in [1.807, 2.05) is 30.3 Å². The van der Waals surface area contributed by atoms with Gasteiger partial charge in [-0.2, -0.15) is 5.26 Å². The number of anilines is 1. The lowest BCUT2D eigenvalue weighted by atomic mass is 9.81. The van der Waals surface area contributed by atoms with Gasteiger partial charge in [0.15, 0.2) is 5.78 Å². The summed E-state index contributed by atoms with van der Waals surface area (Å²) >= 11 is 0. The quantitative estimate of drug-likeness (QED) is 0.787. The van der Waals surface area contributed by atoms with E-state index in [1.165, 1.54) is 0 Å². The number of Topliss-reactive ketones (excluding diaryl/α,β-unsaturated/α-hetero) is 1. The summed E-state index contributed by atoms with van der Waals surface area (Å²) in [5.74, 6) is 0.134. The molecule has 1 fully saturated rings. The molecule has 5 nitrogen and oxygen atoms in total. The largest absolute Gasteiger partial charge is 0.497 e. The highest BCUT2D eigenvalue weighted by molar-refractivity contribution is 6.06.